The fraction of sp³-hybridized carbons (Fsp3) is 0.217. The number of aryl methyl sites for hydroxylation is 1. The van der Waals surface area contributed by atoms with Crippen LogP contribution >= 0.6 is 0 Å². The van der Waals surface area contributed by atoms with Crippen molar-refractivity contribution in [2.24, 2.45) is 0 Å². The number of aromatic amines is 1. The van der Waals surface area contributed by atoms with Gasteiger partial charge in [0, 0.05) is 24.9 Å². The highest BCUT2D eigenvalue weighted by molar-refractivity contribution is 5.90. The van der Waals surface area contributed by atoms with E-state index in [-0.39, 0.29) is 17.7 Å². The molecule has 11 heteroatoms. The summed E-state index contributed by atoms with van der Waals surface area (Å²) in [5.74, 6) is 0.257. The lowest BCUT2D eigenvalue weighted by molar-refractivity contribution is 0.0646. The first-order valence-electron chi connectivity index (χ1n) is 10.7. The van der Waals surface area contributed by atoms with E-state index in [0.717, 1.165) is 22.5 Å². The summed E-state index contributed by atoms with van der Waals surface area (Å²) in [6.07, 6.45) is 5.71. The number of nitrogens with zero attached hydrogens (tertiary/aromatic N) is 7. The topological polar surface area (TPSA) is 127 Å². The second-order valence-electron chi connectivity index (χ2n) is 8.00. The van der Waals surface area contributed by atoms with Crippen LogP contribution in [0.2, 0.25) is 0 Å². The Balaban J connectivity index is 1.37. The molecule has 0 spiro atoms. The zero-order chi connectivity index (χ0) is 23.2. The highest BCUT2D eigenvalue weighted by Crippen LogP contribution is 2.34. The Kier molecular flexibility index (Phi) is 4.61. The van der Waals surface area contributed by atoms with Crippen LogP contribution in [0.25, 0.3) is 17.1 Å². The number of imidazole rings is 1. The average molecular weight is 456 g/mol. The van der Waals surface area contributed by atoms with E-state index in [1.54, 1.807) is 36.7 Å². The molecule has 170 valence electrons. The van der Waals surface area contributed by atoms with Gasteiger partial charge in [0.2, 0.25) is 0 Å². The highest BCUT2D eigenvalue weighted by Gasteiger charge is 2.38. The number of carbonyl (C=O) groups is 1. The van der Waals surface area contributed by atoms with Gasteiger partial charge in [-0.05, 0) is 36.8 Å². The Morgan fingerprint density at radius 2 is 2.15 bits per heavy atom. The summed E-state index contributed by atoms with van der Waals surface area (Å²) in [7, 11) is 1.56. The monoisotopic (exact) mass is 456 g/mol. The van der Waals surface area contributed by atoms with Crippen LogP contribution in [0.15, 0.2) is 53.5 Å². The van der Waals surface area contributed by atoms with Gasteiger partial charge in [0.1, 0.15) is 17.5 Å². The zero-order valence-electron chi connectivity index (χ0n) is 18.5. The number of amides is 1. The van der Waals surface area contributed by atoms with E-state index in [1.807, 2.05) is 35.8 Å². The normalized spacial score (nSPS) is 15.5. The first kappa shape index (κ1) is 20.1. The van der Waals surface area contributed by atoms with E-state index in [0.29, 0.717) is 30.1 Å². The Hall–Kier alpha value is -4.54. The minimum absolute atomic E-state index is 0.114. The van der Waals surface area contributed by atoms with E-state index >= 15 is 0 Å². The molecule has 0 saturated heterocycles. The van der Waals surface area contributed by atoms with Crippen molar-refractivity contribution in [2.75, 3.05) is 13.7 Å². The van der Waals surface area contributed by atoms with Crippen LogP contribution in [0, 0.1) is 6.92 Å². The maximum atomic E-state index is 13.6. The van der Waals surface area contributed by atoms with Gasteiger partial charge in [-0.1, -0.05) is 6.07 Å². The molecule has 1 atom stereocenters. The van der Waals surface area contributed by atoms with E-state index in [4.69, 9.17) is 14.3 Å². The van der Waals surface area contributed by atoms with Crippen molar-refractivity contribution in [3.05, 3.63) is 77.6 Å². The van der Waals surface area contributed by atoms with Crippen LogP contribution < -0.4 is 4.74 Å². The van der Waals surface area contributed by atoms with E-state index in [9.17, 15) is 4.79 Å². The van der Waals surface area contributed by atoms with Gasteiger partial charge in [0.15, 0.2) is 0 Å². The first-order chi connectivity index (χ1) is 16.6. The Labute approximate surface area is 193 Å². The van der Waals surface area contributed by atoms with E-state index < -0.39 is 6.04 Å². The van der Waals surface area contributed by atoms with Crippen molar-refractivity contribution in [3.63, 3.8) is 0 Å². The number of hydrogen-bond donors (Lipinski definition) is 1. The molecule has 0 saturated carbocycles. The molecule has 0 unspecified atom stereocenters. The number of fused-ring (bicyclic) bond motifs is 2. The summed E-state index contributed by atoms with van der Waals surface area (Å²) in [6, 6.07) is 8.90. The number of rotatable bonds is 4. The summed E-state index contributed by atoms with van der Waals surface area (Å²) in [5, 5.41) is 12.8. The molecule has 1 N–H and O–H groups in total. The number of methoxy groups -OCH3 is 1. The van der Waals surface area contributed by atoms with Crippen molar-refractivity contribution in [3.8, 4) is 17.3 Å². The van der Waals surface area contributed by atoms with Crippen LogP contribution in [0.3, 0.4) is 0 Å². The third-order valence-electron chi connectivity index (χ3n) is 6.00. The molecule has 0 aliphatic carbocycles. The smallest absolute Gasteiger partial charge is 0.312 e. The van der Waals surface area contributed by atoms with Crippen LogP contribution in [-0.4, -0.2) is 59.2 Å². The number of nitrogens with one attached hydrogen (secondary N) is 1. The quantitative estimate of drug-likeness (QED) is 0.437. The molecule has 5 aromatic rings. The fourth-order valence-corrected chi connectivity index (χ4v) is 4.27. The molecule has 34 heavy (non-hydrogen) atoms. The molecule has 0 bridgehead atoms. The lowest BCUT2D eigenvalue weighted by Crippen LogP contribution is -2.41. The number of hydrogen-bond acceptors (Lipinski definition) is 8. The molecule has 5 aromatic heterocycles. The fourth-order valence-electron chi connectivity index (χ4n) is 4.27. The van der Waals surface area contributed by atoms with Crippen molar-refractivity contribution >= 4 is 11.4 Å². The van der Waals surface area contributed by atoms with E-state index in [1.165, 1.54) is 0 Å². The summed E-state index contributed by atoms with van der Waals surface area (Å²) < 4.78 is 12.7. The molecule has 0 aromatic carbocycles. The van der Waals surface area contributed by atoms with Gasteiger partial charge in [-0.3, -0.25) is 4.79 Å². The molecule has 0 fully saturated rings. The van der Waals surface area contributed by atoms with Crippen molar-refractivity contribution < 1.29 is 13.9 Å². The maximum Gasteiger partial charge on any atom is 0.312 e. The molecule has 1 aliphatic rings. The van der Waals surface area contributed by atoms with Crippen molar-refractivity contribution in [1.29, 1.82) is 0 Å². The number of pyridine rings is 2. The SMILES string of the molecule is COc1ccc(-c2nnc(C(=O)N3CCc4[nH]cnc4[C@@H]3c3cc4c(C)cccn4n3)o2)nc1. The molecular formula is C23H20N8O3. The molecule has 6 rings (SSSR count). The van der Waals surface area contributed by atoms with Crippen molar-refractivity contribution in [1.82, 2.24) is 39.7 Å². The van der Waals surface area contributed by atoms with Gasteiger partial charge in [-0.2, -0.15) is 5.10 Å². The predicted molar refractivity (Wildman–Crippen MR) is 119 cm³/mol. The lowest BCUT2D eigenvalue weighted by atomic mass is 9.99. The lowest BCUT2D eigenvalue weighted by Gasteiger charge is -2.32. The Morgan fingerprint density at radius 1 is 1.24 bits per heavy atom. The minimum Gasteiger partial charge on any atom is -0.495 e. The van der Waals surface area contributed by atoms with Gasteiger partial charge in [-0.25, -0.2) is 14.5 Å². The van der Waals surface area contributed by atoms with Gasteiger partial charge in [-0.15, -0.1) is 10.2 Å². The second kappa shape index (κ2) is 7.80. The predicted octanol–water partition coefficient (Wildman–Crippen LogP) is 2.61. The molecule has 0 radical (unpaired) electrons. The average Bonchev–Trinajstić information content (AvgIpc) is 3.62. The van der Waals surface area contributed by atoms with Crippen LogP contribution in [-0.2, 0) is 6.42 Å². The first-order valence-corrected chi connectivity index (χ1v) is 10.7. The molecular weight excluding hydrogens is 436 g/mol. The number of ether oxygens (including phenoxy) is 1. The summed E-state index contributed by atoms with van der Waals surface area (Å²) in [6.45, 7) is 2.47. The van der Waals surface area contributed by atoms with Crippen LogP contribution in [0.1, 0.15) is 39.4 Å². The van der Waals surface area contributed by atoms with E-state index in [2.05, 4.69) is 25.1 Å². The zero-order valence-corrected chi connectivity index (χ0v) is 18.5. The van der Waals surface area contributed by atoms with Crippen molar-refractivity contribution in [2.45, 2.75) is 19.4 Å². The summed E-state index contributed by atoms with van der Waals surface area (Å²) in [4.78, 5) is 27.2. The minimum atomic E-state index is -0.490. The number of H-pyrrole nitrogens is 1. The van der Waals surface area contributed by atoms with Crippen LogP contribution in [0.5, 0.6) is 5.75 Å². The van der Waals surface area contributed by atoms with Gasteiger partial charge < -0.3 is 19.0 Å². The van der Waals surface area contributed by atoms with Gasteiger partial charge in [0.05, 0.1) is 36.5 Å². The third kappa shape index (κ3) is 3.20. The van der Waals surface area contributed by atoms with Gasteiger partial charge >= 0.3 is 11.8 Å². The standard InChI is InChI=1S/C23H20N8O3/c1-13-4-3-8-31-18(13)10-17(29-31)20-19-15(25-12-26-19)7-9-30(20)23(32)22-28-27-21(34-22)16-6-5-14(33-2)11-24-16/h3-6,8,10-12,20H,7,9H2,1-2H3,(H,25,26)/t20-/m0/s1. The highest BCUT2D eigenvalue weighted by atomic mass is 16.5. The third-order valence-corrected chi connectivity index (χ3v) is 6.00. The van der Waals surface area contributed by atoms with Crippen LogP contribution in [0.4, 0.5) is 0 Å². The largest absolute Gasteiger partial charge is 0.495 e. The molecule has 6 heterocycles. The maximum absolute atomic E-state index is 13.6. The number of carbonyl (C=O) groups excluding carboxylic acids is 1. The van der Waals surface area contributed by atoms with Gasteiger partial charge in [0.25, 0.3) is 5.89 Å². The number of aromatic nitrogens is 7. The molecule has 11 nitrogen and oxygen atoms in total. The molecule has 1 aliphatic heterocycles. The Morgan fingerprint density at radius 3 is 2.94 bits per heavy atom. The summed E-state index contributed by atoms with van der Waals surface area (Å²) in [5.41, 5.74) is 4.97. The molecule has 1 amide bonds. The Bertz CT molecular complexity index is 1500. The second-order valence-corrected chi connectivity index (χ2v) is 8.00. The summed E-state index contributed by atoms with van der Waals surface area (Å²) >= 11 is 0.